The monoisotopic (exact) mass is 297 g/mol. The van der Waals surface area contributed by atoms with Crippen LogP contribution < -0.4 is 5.73 Å². The van der Waals surface area contributed by atoms with Crippen LogP contribution in [0.25, 0.3) is 0 Å². The Morgan fingerprint density at radius 3 is 2.14 bits per heavy atom. The second-order valence-electron chi connectivity index (χ2n) is 4.43. The molecule has 0 heterocycles. The number of hydrogen-bond acceptors (Lipinski definition) is 5. The highest BCUT2D eigenvalue weighted by molar-refractivity contribution is 7.91. The second kappa shape index (κ2) is 5.28. The summed E-state index contributed by atoms with van der Waals surface area (Å²) in [5.74, 6) is 0. The van der Waals surface area contributed by atoms with E-state index in [1.54, 1.807) is 25.1 Å². The van der Waals surface area contributed by atoms with Crippen molar-refractivity contribution in [2.45, 2.75) is 16.7 Å². The first-order chi connectivity index (χ1) is 9.91. The van der Waals surface area contributed by atoms with Crippen molar-refractivity contribution in [1.82, 2.24) is 0 Å². The molecule has 0 unspecified atom stereocenters. The molecule has 2 rings (SSSR count). The summed E-state index contributed by atoms with van der Waals surface area (Å²) in [5, 5.41) is 17.9. The van der Waals surface area contributed by atoms with Crippen molar-refractivity contribution in [1.29, 1.82) is 10.5 Å². The van der Waals surface area contributed by atoms with E-state index in [4.69, 9.17) is 16.3 Å². The molecule has 0 radical (unpaired) electrons. The first-order valence-electron chi connectivity index (χ1n) is 5.96. The average molecular weight is 297 g/mol. The van der Waals surface area contributed by atoms with E-state index in [0.717, 1.165) is 6.07 Å². The van der Waals surface area contributed by atoms with Gasteiger partial charge in [0.05, 0.1) is 26.6 Å². The average Bonchev–Trinajstić information content (AvgIpc) is 2.46. The Balaban J connectivity index is 2.76. The zero-order valence-corrected chi connectivity index (χ0v) is 12.0. The van der Waals surface area contributed by atoms with E-state index in [0.29, 0.717) is 5.56 Å². The van der Waals surface area contributed by atoms with Crippen LogP contribution in [0.2, 0.25) is 0 Å². The Morgan fingerprint density at radius 1 is 1.00 bits per heavy atom. The highest BCUT2D eigenvalue weighted by Gasteiger charge is 2.23. The third-order valence-electron chi connectivity index (χ3n) is 3.06. The van der Waals surface area contributed by atoms with E-state index >= 15 is 0 Å². The zero-order valence-electron chi connectivity index (χ0n) is 11.2. The second-order valence-corrected chi connectivity index (χ2v) is 6.31. The smallest absolute Gasteiger partial charge is 0.208 e. The van der Waals surface area contributed by atoms with Gasteiger partial charge in [0.2, 0.25) is 9.84 Å². The molecule has 0 aliphatic carbocycles. The molecule has 2 aromatic carbocycles. The summed E-state index contributed by atoms with van der Waals surface area (Å²) in [4.78, 5) is -0.0300. The van der Waals surface area contributed by atoms with Crippen LogP contribution in [0.4, 0.5) is 5.69 Å². The van der Waals surface area contributed by atoms with Crippen LogP contribution in [0.3, 0.4) is 0 Å². The summed E-state index contributed by atoms with van der Waals surface area (Å²) in [7, 11) is -3.84. The summed E-state index contributed by atoms with van der Waals surface area (Å²) in [6.45, 7) is 1.68. The van der Waals surface area contributed by atoms with Gasteiger partial charge in [0, 0.05) is 0 Å². The molecule has 104 valence electrons. The topological polar surface area (TPSA) is 108 Å². The number of benzene rings is 2. The van der Waals surface area contributed by atoms with Crippen molar-refractivity contribution in [3.63, 3.8) is 0 Å². The molecule has 6 heteroatoms. The number of rotatable bonds is 2. The normalized spacial score (nSPS) is 10.6. The lowest BCUT2D eigenvalue weighted by atomic mass is 10.1. The van der Waals surface area contributed by atoms with Gasteiger partial charge in [0.1, 0.15) is 12.1 Å². The van der Waals surface area contributed by atoms with Crippen molar-refractivity contribution >= 4 is 15.5 Å². The van der Waals surface area contributed by atoms with E-state index in [2.05, 4.69) is 0 Å². The predicted octanol–water partition coefficient (Wildman–Crippen LogP) is 2.15. The number of aryl methyl sites for hydroxylation is 1. The molecular weight excluding hydrogens is 286 g/mol. The van der Waals surface area contributed by atoms with Gasteiger partial charge < -0.3 is 5.73 Å². The van der Waals surface area contributed by atoms with Gasteiger partial charge in [-0.05, 0) is 30.7 Å². The third-order valence-corrected chi connectivity index (χ3v) is 5.03. The molecule has 0 fully saturated rings. The van der Waals surface area contributed by atoms with Gasteiger partial charge in [-0.15, -0.1) is 0 Å². The molecule has 0 aliphatic rings. The van der Waals surface area contributed by atoms with Crippen molar-refractivity contribution in [2.24, 2.45) is 0 Å². The largest absolute Gasteiger partial charge is 0.398 e. The van der Waals surface area contributed by atoms with Gasteiger partial charge in [-0.25, -0.2) is 8.42 Å². The Hall–Kier alpha value is -2.83. The highest BCUT2D eigenvalue weighted by atomic mass is 32.2. The van der Waals surface area contributed by atoms with Crippen LogP contribution in [0.1, 0.15) is 16.7 Å². The van der Waals surface area contributed by atoms with Gasteiger partial charge >= 0.3 is 0 Å². The molecule has 0 amide bonds. The fourth-order valence-corrected chi connectivity index (χ4v) is 3.62. The van der Waals surface area contributed by atoms with Crippen molar-refractivity contribution in [3.8, 4) is 12.1 Å². The minimum Gasteiger partial charge on any atom is -0.398 e. The predicted molar refractivity (Wildman–Crippen MR) is 76.9 cm³/mol. The van der Waals surface area contributed by atoms with E-state index in [1.807, 2.05) is 12.1 Å². The molecule has 0 aliphatic heterocycles. The van der Waals surface area contributed by atoms with Crippen molar-refractivity contribution in [3.05, 3.63) is 53.1 Å². The SMILES string of the molecule is Cc1ccccc1S(=O)(=O)c1cc(C#N)c(C#N)cc1N. The molecule has 0 saturated heterocycles. The summed E-state index contributed by atoms with van der Waals surface area (Å²) >= 11 is 0. The maximum atomic E-state index is 12.7. The fraction of sp³-hybridized carbons (Fsp3) is 0.0667. The lowest BCUT2D eigenvalue weighted by Gasteiger charge is -2.11. The van der Waals surface area contributed by atoms with Crippen LogP contribution in [0, 0.1) is 29.6 Å². The summed E-state index contributed by atoms with van der Waals surface area (Å²) in [6.07, 6.45) is 0. The van der Waals surface area contributed by atoms with Gasteiger partial charge in [-0.3, -0.25) is 0 Å². The standard InChI is InChI=1S/C15H11N3O2S/c1-10-4-2-3-5-14(10)21(19,20)15-7-12(9-17)11(8-16)6-13(15)18/h2-7H,18H2,1H3. The van der Waals surface area contributed by atoms with Crippen LogP contribution >= 0.6 is 0 Å². The number of nitriles is 2. The Bertz CT molecular complexity index is 903. The van der Waals surface area contributed by atoms with Crippen LogP contribution in [0.15, 0.2) is 46.2 Å². The van der Waals surface area contributed by atoms with Crippen molar-refractivity contribution in [2.75, 3.05) is 5.73 Å². The van der Waals surface area contributed by atoms with Crippen LogP contribution in [-0.4, -0.2) is 8.42 Å². The van der Waals surface area contributed by atoms with E-state index < -0.39 is 9.84 Å². The molecule has 0 atom stereocenters. The Labute approximate surface area is 122 Å². The van der Waals surface area contributed by atoms with Crippen LogP contribution in [0.5, 0.6) is 0 Å². The van der Waals surface area contributed by atoms with E-state index in [1.165, 1.54) is 12.1 Å². The Morgan fingerprint density at radius 2 is 1.57 bits per heavy atom. The molecule has 0 saturated carbocycles. The molecule has 21 heavy (non-hydrogen) atoms. The summed E-state index contributed by atoms with van der Waals surface area (Å²) < 4.78 is 25.3. The molecule has 2 aromatic rings. The summed E-state index contributed by atoms with van der Waals surface area (Å²) in [5.41, 5.74) is 6.33. The number of nitrogens with zero attached hydrogens (tertiary/aromatic N) is 2. The van der Waals surface area contributed by atoms with Crippen LogP contribution in [-0.2, 0) is 9.84 Å². The molecule has 0 bridgehead atoms. The maximum Gasteiger partial charge on any atom is 0.208 e. The number of nitrogen functional groups attached to an aromatic ring is 1. The third kappa shape index (κ3) is 2.45. The lowest BCUT2D eigenvalue weighted by Crippen LogP contribution is -2.08. The number of nitrogens with two attached hydrogens (primary N) is 1. The van der Waals surface area contributed by atoms with Crippen molar-refractivity contribution < 1.29 is 8.42 Å². The highest BCUT2D eigenvalue weighted by Crippen LogP contribution is 2.30. The van der Waals surface area contributed by atoms with Gasteiger partial charge in [0.15, 0.2) is 0 Å². The minimum absolute atomic E-state index is 0.0149. The molecule has 5 nitrogen and oxygen atoms in total. The van der Waals surface area contributed by atoms with Gasteiger partial charge in [-0.2, -0.15) is 10.5 Å². The molecule has 0 aromatic heterocycles. The number of anilines is 1. The number of sulfone groups is 1. The number of hydrogen-bond donors (Lipinski definition) is 1. The van der Waals surface area contributed by atoms with E-state index in [9.17, 15) is 8.42 Å². The minimum atomic E-state index is -3.84. The first-order valence-corrected chi connectivity index (χ1v) is 7.44. The molecule has 0 spiro atoms. The van der Waals surface area contributed by atoms with Gasteiger partial charge in [-0.1, -0.05) is 18.2 Å². The quantitative estimate of drug-likeness (QED) is 0.854. The molecule has 2 N–H and O–H groups in total. The van der Waals surface area contributed by atoms with Gasteiger partial charge in [0.25, 0.3) is 0 Å². The lowest BCUT2D eigenvalue weighted by molar-refractivity contribution is 0.596. The van der Waals surface area contributed by atoms with E-state index in [-0.39, 0.29) is 26.6 Å². The summed E-state index contributed by atoms with van der Waals surface area (Å²) in [6, 6.07) is 12.5. The zero-order chi connectivity index (χ0) is 15.6. The fourth-order valence-electron chi connectivity index (χ4n) is 1.99. The molecular formula is C15H11N3O2S. The maximum absolute atomic E-state index is 12.7. The Kier molecular flexibility index (Phi) is 3.66. The first kappa shape index (κ1) is 14.6.